The summed E-state index contributed by atoms with van der Waals surface area (Å²) >= 11 is 0. The van der Waals surface area contributed by atoms with Crippen LogP contribution < -0.4 is 14.8 Å². The van der Waals surface area contributed by atoms with Crippen LogP contribution in [0.4, 0.5) is 0 Å². The monoisotopic (exact) mass is 367 g/mol. The minimum Gasteiger partial charge on any atom is -0.454 e. The van der Waals surface area contributed by atoms with Crippen molar-refractivity contribution >= 4 is 23.7 Å². The second kappa shape index (κ2) is 8.18. The SMILES string of the molecule is CC(=O)N/C(=C\c1ccccc1)C(=O)OCC(=O)c1ccc2c(c1)OCO2. The summed E-state index contributed by atoms with van der Waals surface area (Å²) in [6.07, 6.45) is 1.48. The van der Waals surface area contributed by atoms with Crippen molar-refractivity contribution in [3.63, 3.8) is 0 Å². The van der Waals surface area contributed by atoms with Crippen molar-refractivity contribution < 1.29 is 28.6 Å². The average molecular weight is 367 g/mol. The fourth-order valence-electron chi connectivity index (χ4n) is 2.41. The first kappa shape index (κ1) is 18.2. The van der Waals surface area contributed by atoms with E-state index >= 15 is 0 Å². The van der Waals surface area contributed by atoms with E-state index in [9.17, 15) is 14.4 Å². The number of carbonyl (C=O) groups is 3. The lowest BCUT2D eigenvalue weighted by Crippen LogP contribution is -2.27. The highest BCUT2D eigenvalue weighted by atomic mass is 16.7. The zero-order valence-electron chi connectivity index (χ0n) is 14.6. The average Bonchev–Trinajstić information content (AvgIpc) is 3.13. The van der Waals surface area contributed by atoms with E-state index in [1.165, 1.54) is 19.1 Å². The lowest BCUT2D eigenvalue weighted by Gasteiger charge is -2.09. The summed E-state index contributed by atoms with van der Waals surface area (Å²) < 4.78 is 15.5. The molecular weight excluding hydrogens is 350 g/mol. The Kier molecular flexibility index (Phi) is 5.51. The Labute approximate surface area is 155 Å². The molecule has 0 bridgehead atoms. The van der Waals surface area contributed by atoms with Gasteiger partial charge in [0.2, 0.25) is 12.7 Å². The third kappa shape index (κ3) is 4.72. The molecule has 0 saturated heterocycles. The zero-order valence-corrected chi connectivity index (χ0v) is 14.6. The number of Topliss-reactive ketones (excluding diaryl/α,β-unsaturated/α-hetero) is 1. The van der Waals surface area contributed by atoms with Crippen LogP contribution >= 0.6 is 0 Å². The molecule has 27 heavy (non-hydrogen) atoms. The van der Waals surface area contributed by atoms with Crippen LogP contribution in [0.1, 0.15) is 22.8 Å². The Morgan fingerprint density at radius 2 is 1.81 bits per heavy atom. The minimum absolute atomic E-state index is 0.0489. The molecule has 3 rings (SSSR count). The third-order valence-corrected chi connectivity index (χ3v) is 3.67. The van der Waals surface area contributed by atoms with Crippen molar-refractivity contribution in [2.75, 3.05) is 13.4 Å². The van der Waals surface area contributed by atoms with Gasteiger partial charge in [0, 0.05) is 12.5 Å². The van der Waals surface area contributed by atoms with Crippen LogP contribution in [0.25, 0.3) is 6.08 Å². The molecule has 0 fully saturated rings. The molecule has 1 amide bonds. The van der Waals surface area contributed by atoms with Crippen molar-refractivity contribution in [3.8, 4) is 11.5 Å². The fourth-order valence-corrected chi connectivity index (χ4v) is 2.41. The molecule has 0 spiro atoms. The number of ether oxygens (including phenoxy) is 3. The van der Waals surface area contributed by atoms with E-state index in [1.54, 1.807) is 36.4 Å². The van der Waals surface area contributed by atoms with E-state index in [1.807, 2.05) is 6.07 Å². The van der Waals surface area contributed by atoms with E-state index in [2.05, 4.69) is 5.32 Å². The predicted molar refractivity (Wildman–Crippen MR) is 96.1 cm³/mol. The highest BCUT2D eigenvalue weighted by Crippen LogP contribution is 2.32. The van der Waals surface area contributed by atoms with E-state index < -0.39 is 24.3 Å². The van der Waals surface area contributed by atoms with Crippen molar-refractivity contribution in [2.45, 2.75) is 6.92 Å². The van der Waals surface area contributed by atoms with Crippen LogP contribution in [0, 0.1) is 0 Å². The standard InChI is InChI=1S/C20H17NO6/c1-13(22)21-16(9-14-5-3-2-4-6-14)20(24)25-11-17(23)15-7-8-18-19(10-15)27-12-26-18/h2-10H,11-12H2,1H3,(H,21,22)/b16-9-. The van der Waals surface area contributed by atoms with Crippen LogP contribution in [0.15, 0.2) is 54.2 Å². The highest BCUT2D eigenvalue weighted by Gasteiger charge is 2.19. The van der Waals surface area contributed by atoms with Gasteiger partial charge in [-0.3, -0.25) is 9.59 Å². The summed E-state index contributed by atoms with van der Waals surface area (Å²) in [7, 11) is 0. The van der Waals surface area contributed by atoms with E-state index in [0.29, 0.717) is 22.6 Å². The van der Waals surface area contributed by atoms with Gasteiger partial charge in [0.25, 0.3) is 0 Å². The number of esters is 1. The van der Waals surface area contributed by atoms with Gasteiger partial charge in [-0.15, -0.1) is 0 Å². The lowest BCUT2D eigenvalue weighted by atomic mass is 10.1. The predicted octanol–water partition coefficient (Wildman–Crippen LogP) is 2.32. The molecule has 0 aromatic heterocycles. The third-order valence-electron chi connectivity index (χ3n) is 3.67. The van der Waals surface area contributed by atoms with Gasteiger partial charge in [0.15, 0.2) is 23.9 Å². The molecule has 0 saturated carbocycles. The summed E-state index contributed by atoms with van der Waals surface area (Å²) in [4.78, 5) is 35.9. The van der Waals surface area contributed by atoms with Gasteiger partial charge in [-0.05, 0) is 29.8 Å². The first-order chi connectivity index (χ1) is 13.0. The summed E-state index contributed by atoms with van der Waals surface area (Å²) in [5.41, 5.74) is 0.993. The summed E-state index contributed by atoms with van der Waals surface area (Å²) in [6.45, 7) is 0.917. The van der Waals surface area contributed by atoms with Crippen molar-refractivity contribution in [2.24, 2.45) is 0 Å². The van der Waals surface area contributed by atoms with E-state index in [4.69, 9.17) is 14.2 Å². The van der Waals surface area contributed by atoms with Gasteiger partial charge in [0.05, 0.1) is 0 Å². The number of benzene rings is 2. The Balaban J connectivity index is 1.67. The Bertz CT molecular complexity index is 904. The molecule has 1 heterocycles. The molecule has 7 heteroatoms. The Morgan fingerprint density at radius 1 is 1.07 bits per heavy atom. The molecule has 7 nitrogen and oxygen atoms in total. The number of hydrogen-bond acceptors (Lipinski definition) is 6. The summed E-state index contributed by atoms with van der Waals surface area (Å²) in [5.74, 6) is -0.597. The number of amides is 1. The summed E-state index contributed by atoms with van der Waals surface area (Å²) in [6, 6.07) is 13.7. The maximum Gasteiger partial charge on any atom is 0.355 e. The molecule has 0 aliphatic carbocycles. The molecule has 0 unspecified atom stereocenters. The first-order valence-electron chi connectivity index (χ1n) is 8.17. The smallest absolute Gasteiger partial charge is 0.355 e. The fraction of sp³-hybridized carbons (Fsp3) is 0.150. The molecule has 138 valence electrons. The molecule has 1 aliphatic rings. The van der Waals surface area contributed by atoms with Crippen molar-refractivity contribution in [1.82, 2.24) is 5.32 Å². The van der Waals surface area contributed by atoms with Gasteiger partial charge in [-0.2, -0.15) is 0 Å². The number of nitrogens with one attached hydrogen (secondary N) is 1. The van der Waals surface area contributed by atoms with E-state index in [-0.39, 0.29) is 12.5 Å². The van der Waals surface area contributed by atoms with Gasteiger partial charge in [-0.25, -0.2) is 4.79 Å². The number of hydrogen-bond donors (Lipinski definition) is 1. The van der Waals surface area contributed by atoms with Gasteiger partial charge in [0.1, 0.15) is 5.70 Å². The van der Waals surface area contributed by atoms with Gasteiger partial charge in [-0.1, -0.05) is 30.3 Å². The minimum atomic E-state index is -0.803. The van der Waals surface area contributed by atoms with Crippen LogP contribution in [-0.4, -0.2) is 31.1 Å². The van der Waals surface area contributed by atoms with Crippen LogP contribution in [0.5, 0.6) is 11.5 Å². The molecule has 2 aromatic rings. The maximum atomic E-state index is 12.3. The first-order valence-corrected chi connectivity index (χ1v) is 8.17. The molecule has 1 N–H and O–H groups in total. The number of fused-ring (bicyclic) bond motifs is 1. The summed E-state index contributed by atoms with van der Waals surface area (Å²) in [5, 5.41) is 2.43. The second-order valence-electron chi connectivity index (χ2n) is 5.72. The normalized spacial score (nSPS) is 12.4. The number of ketones is 1. The van der Waals surface area contributed by atoms with E-state index in [0.717, 1.165) is 0 Å². The Hall–Kier alpha value is -3.61. The van der Waals surface area contributed by atoms with Crippen LogP contribution in [-0.2, 0) is 14.3 Å². The van der Waals surface area contributed by atoms with Crippen LogP contribution in [0.3, 0.4) is 0 Å². The molecule has 2 aromatic carbocycles. The quantitative estimate of drug-likeness (QED) is 0.479. The number of rotatable bonds is 6. The topological polar surface area (TPSA) is 90.9 Å². The molecular formula is C20H17NO6. The maximum absolute atomic E-state index is 12.3. The molecule has 0 atom stereocenters. The van der Waals surface area contributed by atoms with Crippen molar-refractivity contribution in [1.29, 1.82) is 0 Å². The lowest BCUT2D eigenvalue weighted by molar-refractivity contribution is -0.139. The van der Waals surface area contributed by atoms with Crippen molar-refractivity contribution in [3.05, 3.63) is 65.4 Å². The molecule has 0 radical (unpaired) electrons. The zero-order chi connectivity index (χ0) is 19.2. The second-order valence-corrected chi connectivity index (χ2v) is 5.72. The largest absolute Gasteiger partial charge is 0.454 e. The van der Waals surface area contributed by atoms with Gasteiger partial charge >= 0.3 is 5.97 Å². The van der Waals surface area contributed by atoms with Crippen LogP contribution in [0.2, 0.25) is 0 Å². The molecule has 1 aliphatic heterocycles. The van der Waals surface area contributed by atoms with Gasteiger partial charge < -0.3 is 19.5 Å². The number of carbonyl (C=O) groups excluding carboxylic acids is 3. The highest BCUT2D eigenvalue weighted by molar-refractivity contribution is 6.01. The Morgan fingerprint density at radius 3 is 2.56 bits per heavy atom.